The number of sulfonamides is 1. The third kappa shape index (κ3) is 7.39. The van der Waals surface area contributed by atoms with Gasteiger partial charge in [-0.05, 0) is 61.2 Å². The molecule has 1 heterocycles. The van der Waals surface area contributed by atoms with Crippen molar-refractivity contribution in [3.8, 4) is 10.6 Å². The second kappa shape index (κ2) is 12.5. The third-order valence-electron chi connectivity index (χ3n) is 5.64. The molecule has 2 aromatic carbocycles. The number of amides is 1. The largest absolute Gasteiger partial charge is 0.311 e. The predicted octanol–water partition coefficient (Wildman–Crippen LogP) is 4.05. The van der Waals surface area contributed by atoms with E-state index in [-0.39, 0.29) is 5.56 Å². The van der Waals surface area contributed by atoms with Crippen molar-refractivity contribution in [3.63, 3.8) is 0 Å². The van der Waals surface area contributed by atoms with Crippen molar-refractivity contribution in [2.75, 3.05) is 30.8 Å². The van der Waals surface area contributed by atoms with E-state index >= 15 is 0 Å². The highest BCUT2D eigenvalue weighted by Crippen LogP contribution is 2.32. The predicted molar refractivity (Wildman–Crippen MR) is 142 cm³/mol. The number of aryl methyl sites for hydroxylation is 2. The number of halogens is 1. The van der Waals surface area contributed by atoms with E-state index in [1.54, 1.807) is 12.1 Å². The molecule has 0 aliphatic rings. The number of hydrogen-bond acceptors (Lipinski definition) is 7. The molecular weight excluding hydrogens is 501 g/mol. The first-order valence-electron chi connectivity index (χ1n) is 11.8. The summed E-state index contributed by atoms with van der Waals surface area (Å²) in [5.74, 6) is -0.986. The molecule has 36 heavy (non-hydrogen) atoms. The first-order chi connectivity index (χ1) is 17.1. The lowest BCUT2D eigenvalue weighted by Gasteiger charge is -2.19. The van der Waals surface area contributed by atoms with E-state index in [4.69, 9.17) is 0 Å². The molecule has 0 aliphatic carbocycles. The highest BCUT2D eigenvalue weighted by molar-refractivity contribution is 7.88. The highest BCUT2D eigenvalue weighted by Gasteiger charge is 2.24. The quantitative estimate of drug-likeness (QED) is 0.341. The zero-order valence-corrected chi connectivity index (χ0v) is 22.6. The van der Waals surface area contributed by atoms with Gasteiger partial charge in [0.25, 0.3) is 5.91 Å². The third-order valence-corrected chi connectivity index (χ3v) is 7.36. The van der Waals surface area contributed by atoms with Gasteiger partial charge in [0.05, 0.1) is 11.8 Å². The number of carbonyl (C=O) groups excluding carboxylic acids is 1. The average molecular weight is 534 g/mol. The molecule has 3 aromatic rings. The van der Waals surface area contributed by atoms with Crippen LogP contribution in [-0.4, -0.2) is 50.4 Å². The maximum Gasteiger partial charge on any atom is 0.263 e. The van der Waals surface area contributed by atoms with Crippen LogP contribution >= 0.6 is 11.3 Å². The van der Waals surface area contributed by atoms with Crippen molar-refractivity contribution in [2.24, 2.45) is 0 Å². The molecule has 0 aliphatic heterocycles. The summed E-state index contributed by atoms with van der Waals surface area (Å²) in [6, 6.07) is 10.0. The van der Waals surface area contributed by atoms with Crippen molar-refractivity contribution in [1.82, 2.24) is 20.2 Å². The Hall–Kier alpha value is -2.73. The fourth-order valence-electron chi connectivity index (χ4n) is 3.76. The molecule has 2 N–H and O–H groups in total. The monoisotopic (exact) mass is 533 g/mol. The van der Waals surface area contributed by atoms with E-state index in [1.165, 1.54) is 28.4 Å². The van der Waals surface area contributed by atoms with E-state index < -0.39 is 21.7 Å². The standard InChI is InChI=1S/C25H32FN5O3S2/c1-5-6-13-31(24(32)20-9-7-8-10-22(20)26)25-30-29-23(35-25)19-14-17(2)21(18(3)15-19)16-27-11-12-28-36(4,33)34/h7-10,14-15,27-28H,5-6,11-13,16H2,1-4H3. The minimum absolute atomic E-state index is 0.0145. The van der Waals surface area contributed by atoms with Crippen molar-refractivity contribution in [2.45, 2.75) is 40.2 Å². The Bertz CT molecular complexity index is 1290. The van der Waals surface area contributed by atoms with Gasteiger partial charge < -0.3 is 5.32 Å². The van der Waals surface area contributed by atoms with Crippen LogP contribution in [0.15, 0.2) is 36.4 Å². The summed E-state index contributed by atoms with van der Waals surface area (Å²) in [7, 11) is -3.20. The lowest BCUT2D eigenvalue weighted by atomic mass is 9.99. The zero-order valence-electron chi connectivity index (χ0n) is 21.0. The summed E-state index contributed by atoms with van der Waals surface area (Å²) < 4.78 is 39.1. The molecule has 0 spiro atoms. The number of nitrogens with one attached hydrogen (secondary N) is 2. The van der Waals surface area contributed by atoms with Gasteiger partial charge in [0.1, 0.15) is 10.8 Å². The van der Waals surface area contributed by atoms with Crippen LogP contribution in [0.1, 0.15) is 46.8 Å². The van der Waals surface area contributed by atoms with Gasteiger partial charge in [0.15, 0.2) is 0 Å². The first-order valence-corrected chi connectivity index (χ1v) is 14.5. The van der Waals surface area contributed by atoms with Gasteiger partial charge in [-0.25, -0.2) is 17.5 Å². The van der Waals surface area contributed by atoms with Crippen molar-refractivity contribution in [1.29, 1.82) is 0 Å². The van der Waals surface area contributed by atoms with E-state index in [2.05, 4.69) is 20.2 Å². The molecule has 0 saturated carbocycles. The van der Waals surface area contributed by atoms with E-state index in [0.29, 0.717) is 36.3 Å². The number of anilines is 1. The van der Waals surface area contributed by atoms with E-state index in [1.807, 2.05) is 32.9 Å². The van der Waals surface area contributed by atoms with Crippen LogP contribution < -0.4 is 14.9 Å². The maximum absolute atomic E-state index is 14.3. The maximum atomic E-state index is 14.3. The number of nitrogens with zero attached hydrogens (tertiary/aromatic N) is 3. The lowest BCUT2D eigenvalue weighted by molar-refractivity contribution is 0.0982. The average Bonchev–Trinajstić information content (AvgIpc) is 3.30. The Kier molecular flexibility index (Phi) is 9.66. The van der Waals surface area contributed by atoms with Crippen LogP contribution in [-0.2, 0) is 16.6 Å². The second-order valence-corrected chi connectivity index (χ2v) is 11.4. The molecule has 3 rings (SSSR count). The number of benzene rings is 2. The number of aromatic nitrogens is 2. The van der Waals surface area contributed by atoms with Crippen LogP contribution in [0.4, 0.5) is 9.52 Å². The molecule has 1 aromatic heterocycles. The van der Waals surface area contributed by atoms with Crippen molar-refractivity contribution >= 4 is 32.4 Å². The molecule has 0 saturated heterocycles. The fourth-order valence-corrected chi connectivity index (χ4v) is 5.08. The molecule has 0 unspecified atom stereocenters. The molecule has 1 amide bonds. The van der Waals surface area contributed by atoms with Crippen LogP contribution in [0.5, 0.6) is 0 Å². The molecule has 0 fully saturated rings. The molecule has 11 heteroatoms. The fraction of sp³-hybridized carbons (Fsp3) is 0.400. The Morgan fingerprint density at radius 2 is 1.81 bits per heavy atom. The van der Waals surface area contributed by atoms with E-state index in [0.717, 1.165) is 41.4 Å². The lowest BCUT2D eigenvalue weighted by Crippen LogP contribution is -2.32. The molecule has 0 atom stereocenters. The van der Waals surface area contributed by atoms with Crippen LogP contribution in [0.25, 0.3) is 10.6 Å². The smallest absolute Gasteiger partial charge is 0.263 e. The summed E-state index contributed by atoms with van der Waals surface area (Å²) in [5.41, 5.74) is 4.17. The zero-order chi connectivity index (χ0) is 26.3. The second-order valence-electron chi connectivity index (χ2n) is 8.61. The van der Waals surface area contributed by atoms with E-state index in [9.17, 15) is 17.6 Å². The van der Waals surface area contributed by atoms with Crippen LogP contribution in [0, 0.1) is 19.7 Å². The number of hydrogen-bond donors (Lipinski definition) is 2. The SMILES string of the molecule is CCCCN(C(=O)c1ccccc1F)c1nnc(-c2cc(C)c(CNCCNS(C)(=O)=O)c(C)c2)s1. The Labute approximate surface area is 216 Å². The van der Waals surface area contributed by atoms with Gasteiger partial charge in [0.2, 0.25) is 15.2 Å². The molecule has 194 valence electrons. The highest BCUT2D eigenvalue weighted by atomic mass is 32.2. The molecular formula is C25H32FN5O3S2. The van der Waals surface area contributed by atoms with Gasteiger partial charge in [0, 0.05) is 31.7 Å². The summed E-state index contributed by atoms with van der Waals surface area (Å²) >= 11 is 1.30. The van der Waals surface area contributed by atoms with Crippen molar-refractivity contribution < 1.29 is 17.6 Å². The number of rotatable bonds is 12. The number of carbonyl (C=O) groups is 1. The first kappa shape index (κ1) is 27.9. The van der Waals surface area contributed by atoms with Gasteiger partial charge in [-0.15, -0.1) is 10.2 Å². The van der Waals surface area contributed by atoms with Gasteiger partial charge in [-0.2, -0.15) is 0 Å². The summed E-state index contributed by atoms with van der Waals surface area (Å²) in [4.78, 5) is 14.7. The normalized spacial score (nSPS) is 11.6. The Morgan fingerprint density at radius 3 is 2.44 bits per heavy atom. The molecule has 8 nitrogen and oxygen atoms in total. The summed E-state index contributed by atoms with van der Waals surface area (Å²) in [6.07, 6.45) is 2.78. The summed E-state index contributed by atoms with van der Waals surface area (Å²) in [5, 5.41) is 13.0. The Morgan fingerprint density at radius 1 is 1.11 bits per heavy atom. The topological polar surface area (TPSA) is 104 Å². The molecule has 0 radical (unpaired) electrons. The minimum Gasteiger partial charge on any atom is -0.311 e. The van der Waals surface area contributed by atoms with Gasteiger partial charge in [-0.1, -0.05) is 36.8 Å². The molecule has 0 bridgehead atoms. The summed E-state index contributed by atoms with van der Waals surface area (Å²) in [6.45, 7) is 7.92. The van der Waals surface area contributed by atoms with Crippen LogP contribution in [0.2, 0.25) is 0 Å². The van der Waals surface area contributed by atoms with Gasteiger partial charge >= 0.3 is 0 Å². The number of unbranched alkanes of at least 4 members (excludes halogenated alkanes) is 1. The minimum atomic E-state index is -3.20. The Balaban J connectivity index is 1.78. The van der Waals surface area contributed by atoms with Crippen molar-refractivity contribution in [3.05, 3.63) is 64.5 Å². The van der Waals surface area contributed by atoms with Crippen LogP contribution in [0.3, 0.4) is 0 Å². The van der Waals surface area contributed by atoms with Gasteiger partial charge in [-0.3, -0.25) is 9.69 Å².